The van der Waals surface area contributed by atoms with Gasteiger partial charge in [-0.05, 0) is 30.3 Å². The number of hydrogen-bond acceptors (Lipinski definition) is 2. The lowest BCUT2D eigenvalue weighted by Crippen LogP contribution is -2.18. The van der Waals surface area contributed by atoms with Gasteiger partial charge in [0.1, 0.15) is 17.0 Å². The van der Waals surface area contributed by atoms with E-state index in [1.807, 2.05) is 24.3 Å². The van der Waals surface area contributed by atoms with Crippen LogP contribution >= 0.6 is 0 Å². The summed E-state index contributed by atoms with van der Waals surface area (Å²) in [6, 6.07) is 22.9. The molecule has 0 unspecified atom stereocenters. The minimum absolute atomic E-state index is 0.0676. The summed E-state index contributed by atoms with van der Waals surface area (Å²) in [7, 11) is 0. The first-order chi connectivity index (χ1) is 12.5. The maximum absolute atomic E-state index is 6.09. The highest BCUT2D eigenvalue weighted by Gasteiger charge is 2.24. The van der Waals surface area contributed by atoms with Crippen molar-refractivity contribution in [2.45, 2.75) is 26.2 Å². The minimum Gasteiger partial charge on any atom is -0.456 e. The summed E-state index contributed by atoms with van der Waals surface area (Å²) in [5, 5.41) is 2.30. The largest absolute Gasteiger partial charge is 0.456 e. The Bertz CT molecular complexity index is 1270. The van der Waals surface area contributed by atoms with E-state index < -0.39 is 0 Å². The molecule has 0 spiro atoms. The molecule has 0 amide bonds. The van der Waals surface area contributed by atoms with Gasteiger partial charge in [0.25, 0.3) is 0 Å². The van der Waals surface area contributed by atoms with E-state index >= 15 is 0 Å². The van der Waals surface area contributed by atoms with Crippen LogP contribution in [0.5, 0.6) is 0 Å². The molecule has 0 atom stereocenters. The molecular formula is C23H20N2O. The standard InChI is InChI=1S/C23H20N2O/c1-23(2,3)22-24-18-9-5-6-10-19(18)25(22)15-12-13-17-16-8-4-7-11-20(16)26-21(17)14-15/h4-14H,1-3H3. The van der Waals surface area contributed by atoms with Gasteiger partial charge in [-0.1, -0.05) is 51.1 Å². The zero-order chi connectivity index (χ0) is 17.9. The first kappa shape index (κ1) is 15.2. The molecule has 0 aliphatic heterocycles. The van der Waals surface area contributed by atoms with Crippen LogP contribution < -0.4 is 0 Å². The molecule has 0 aliphatic rings. The van der Waals surface area contributed by atoms with Gasteiger partial charge < -0.3 is 4.42 Å². The molecule has 5 rings (SSSR count). The summed E-state index contributed by atoms with van der Waals surface area (Å²) < 4.78 is 8.35. The average Bonchev–Trinajstić information content (AvgIpc) is 3.19. The first-order valence-electron chi connectivity index (χ1n) is 8.92. The number of fused-ring (bicyclic) bond motifs is 4. The summed E-state index contributed by atoms with van der Waals surface area (Å²) in [5.74, 6) is 1.05. The second-order valence-electron chi connectivity index (χ2n) is 7.79. The summed E-state index contributed by atoms with van der Waals surface area (Å²) in [6.07, 6.45) is 0. The van der Waals surface area contributed by atoms with Crippen LogP contribution in [0.15, 0.2) is 71.1 Å². The van der Waals surface area contributed by atoms with Gasteiger partial charge in [0, 0.05) is 22.3 Å². The van der Waals surface area contributed by atoms with E-state index in [-0.39, 0.29) is 5.41 Å². The van der Waals surface area contributed by atoms with Crippen molar-refractivity contribution in [3.8, 4) is 5.69 Å². The molecule has 0 saturated carbocycles. The zero-order valence-corrected chi connectivity index (χ0v) is 15.2. The van der Waals surface area contributed by atoms with Gasteiger partial charge >= 0.3 is 0 Å². The highest BCUT2D eigenvalue weighted by molar-refractivity contribution is 6.05. The van der Waals surface area contributed by atoms with Crippen LogP contribution in [-0.2, 0) is 5.41 Å². The Labute approximate surface area is 151 Å². The average molecular weight is 340 g/mol. The Morgan fingerprint density at radius 1 is 0.808 bits per heavy atom. The predicted molar refractivity (Wildman–Crippen MR) is 107 cm³/mol. The lowest BCUT2D eigenvalue weighted by Gasteiger charge is -2.20. The fraction of sp³-hybridized carbons (Fsp3) is 0.174. The van der Waals surface area contributed by atoms with Crippen molar-refractivity contribution >= 4 is 33.0 Å². The summed E-state index contributed by atoms with van der Waals surface area (Å²) in [6.45, 7) is 6.60. The molecule has 3 nitrogen and oxygen atoms in total. The van der Waals surface area contributed by atoms with Gasteiger partial charge in [-0.25, -0.2) is 4.98 Å². The van der Waals surface area contributed by atoms with E-state index in [1.54, 1.807) is 0 Å². The smallest absolute Gasteiger partial charge is 0.137 e. The van der Waals surface area contributed by atoms with E-state index in [0.717, 1.165) is 44.5 Å². The fourth-order valence-electron chi connectivity index (χ4n) is 3.64. The highest BCUT2D eigenvalue weighted by Crippen LogP contribution is 2.33. The van der Waals surface area contributed by atoms with Crippen LogP contribution in [0.1, 0.15) is 26.6 Å². The van der Waals surface area contributed by atoms with Gasteiger partial charge in [-0.2, -0.15) is 0 Å². The number of hydrogen-bond donors (Lipinski definition) is 0. The normalized spacial score (nSPS) is 12.4. The van der Waals surface area contributed by atoms with E-state index in [9.17, 15) is 0 Å². The molecule has 0 fully saturated rings. The first-order valence-corrected chi connectivity index (χ1v) is 8.92. The molecule has 128 valence electrons. The molecule has 2 heterocycles. The molecule has 0 bridgehead atoms. The second-order valence-corrected chi connectivity index (χ2v) is 7.79. The van der Waals surface area contributed by atoms with Gasteiger partial charge in [0.15, 0.2) is 0 Å². The van der Waals surface area contributed by atoms with E-state index in [2.05, 4.69) is 67.8 Å². The number of furan rings is 1. The number of rotatable bonds is 1. The Morgan fingerprint density at radius 3 is 2.38 bits per heavy atom. The van der Waals surface area contributed by atoms with Crippen LogP contribution in [0, 0.1) is 0 Å². The SMILES string of the molecule is CC(C)(C)c1nc2ccccc2n1-c1ccc2c(c1)oc1ccccc12. The number of benzene rings is 3. The Balaban J connectivity index is 1.83. The third-order valence-electron chi connectivity index (χ3n) is 4.85. The van der Waals surface area contributed by atoms with Crippen molar-refractivity contribution in [1.82, 2.24) is 9.55 Å². The molecule has 3 aromatic carbocycles. The van der Waals surface area contributed by atoms with Crippen LogP contribution in [0.4, 0.5) is 0 Å². The lowest BCUT2D eigenvalue weighted by atomic mass is 9.95. The molecular weight excluding hydrogens is 320 g/mol. The maximum Gasteiger partial charge on any atom is 0.137 e. The fourth-order valence-corrected chi connectivity index (χ4v) is 3.64. The number of para-hydroxylation sites is 3. The van der Waals surface area contributed by atoms with E-state index in [0.29, 0.717) is 0 Å². The molecule has 0 aliphatic carbocycles. The molecule has 0 N–H and O–H groups in total. The summed E-state index contributed by atoms with van der Waals surface area (Å²) in [5.41, 5.74) is 4.97. The van der Waals surface area contributed by atoms with Crippen LogP contribution in [-0.4, -0.2) is 9.55 Å². The Hall–Kier alpha value is -3.07. The molecule has 26 heavy (non-hydrogen) atoms. The molecule has 5 aromatic rings. The van der Waals surface area contributed by atoms with Crippen LogP contribution in [0.25, 0.3) is 38.7 Å². The van der Waals surface area contributed by atoms with Gasteiger partial charge in [0.05, 0.1) is 16.7 Å². The van der Waals surface area contributed by atoms with Crippen molar-refractivity contribution in [2.75, 3.05) is 0 Å². The number of nitrogens with zero attached hydrogens (tertiary/aromatic N) is 2. The number of imidazole rings is 1. The monoisotopic (exact) mass is 340 g/mol. The van der Waals surface area contributed by atoms with Gasteiger partial charge in [0.2, 0.25) is 0 Å². The zero-order valence-electron chi connectivity index (χ0n) is 15.2. The third-order valence-corrected chi connectivity index (χ3v) is 4.85. The minimum atomic E-state index is -0.0676. The summed E-state index contributed by atoms with van der Waals surface area (Å²) >= 11 is 0. The van der Waals surface area contributed by atoms with Crippen LogP contribution in [0.3, 0.4) is 0 Å². The van der Waals surface area contributed by atoms with E-state index in [4.69, 9.17) is 9.40 Å². The summed E-state index contributed by atoms with van der Waals surface area (Å²) in [4.78, 5) is 4.92. The van der Waals surface area contributed by atoms with Crippen molar-refractivity contribution in [3.05, 3.63) is 72.6 Å². The second kappa shape index (κ2) is 5.21. The molecule has 0 saturated heterocycles. The lowest BCUT2D eigenvalue weighted by molar-refractivity contribution is 0.539. The molecule has 3 heteroatoms. The maximum atomic E-state index is 6.09. The third kappa shape index (κ3) is 2.17. The van der Waals surface area contributed by atoms with Crippen molar-refractivity contribution in [1.29, 1.82) is 0 Å². The molecule has 0 radical (unpaired) electrons. The predicted octanol–water partition coefficient (Wildman–Crippen LogP) is 6.22. The topological polar surface area (TPSA) is 31.0 Å². The van der Waals surface area contributed by atoms with Gasteiger partial charge in [-0.3, -0.25) is 4.57 Å². The van der Waals surface area contributed by atoms with E-state index in [1.165, 1.54) is 0 Å². The Morgan fingerprint density at radius 2 is 1.54 bits per heavy atom. The quantitative estimate of drug-likeness (QED) is 0.362. The highest BCUT2D eigenvalue weighted by atomic mass is 16.3. The van der Waals surface area contributed by atoms with Crippen molar-refractivity contribution < 1.29 is 4.42 Å². The molecule has 2 aromatic heterocycles. The van der Waals surface area contributed by atoms with Crippen LogP contribution in [0.2, 0.25) is 0 Å². The Kier molecular flexibility index (Phi) is 3.05. The van der Waals surface area contributed by atoms with Crippen molar-refractivity contribution in [3.63, 3.8) is 0 Å². The van der Waals surface area contributed by atoms with Crippen molar-refractivity contribution in [2.24, 2.45) is 0 Å². The number of aromatic nitrogens is 2. The van der Waals surface area contributed by atoms with Gasteiger partial charge in [-0.15, -0.1) is 0 Å².